The Labute approximate surface area is 158 Å². The molecule has 4 rings (SSSR count). The normalized spacial score (nSPS) is 14.6. The van der Waals surface area contributed by atoms with Crippen molar-refractivity contribution in [1.29, 1.82) is 0 Å². The maximum atomic E-state index is 12.2. The van der Waals surface area contributed by atoms with Crippen LogP contribution in [0.1, 0.15) is 5.69 Å². The molecule has 140 valence electrons. The number of benzene rings is 1. The topological polar surface area (TPSA) is 57.0 Å². The van der Waals surface area contributed by atoms with Crippen LogP contribution < -0.4 is 4.90 Å². The summed E-state index contributed by atoms with van der Waals surface area (Å²) in [6.45, 7) is 4.91. The molecule has 27 heavy (non-hydrogen) atoms. The number of amides is 2. The van der Waals surface area contributed by atoms with Gasteiger partial charge >= 0.3 is 6.03 Å². The minimum atomic E-state index is 0.0643. The summed E-state index contributed by atoms with van der Waals surface area (Å²) in [6, 6.07) is 14.4. The molecule has 0 N–H and O–H groups in total. The van der Waals surface area contributed by atoms with Crippen LogP contribution in [-0.2, 0) is 0 Å². The average Bonchev–Trinajstić information content (AvgIpc) is 3.07. The molecule has 0 spiro atoms. The number of rotatable bonds is 2. The third kappa shape index (κ3) is 3.32. The van der Waals surface area contributed by atoms with Crippen molar-refractivity contribution in [3.8, 4) is 11.3 Å². The average molecular weight is 364 g/mol. The van der Waals surface area contributed by atoms with Crippen LogP contribution in [0, 0.1) is 6.92 Å². The van der Waals surface area contributed by atoms with Crippen molar-refractivity contribution >= 4 is 17.5 Å². The number of fused-ring (bicyclic) bond motifs is 1. The van der Waals surface area contributed by atoms with Crippen LogP contribution in [-0.4, -0.2) is 70.7 Å². The lowest BCUT2D eigenvalue weighted by Gasteiger charge is -2.37. The van der Waals surface area contributed by atoms with Gasteiger partial charge < -0.3 is 14.7 Å². The Balaban J connectivity index is 1.68. The van der Waals surface area contributed by atoms with E-state index in [9.17, 15) is 4.79 Å². The van der Waals surface area contributed by atoms with Crippen molar-refractivity contribution in [3.63, 3.8) is 0 Å². The lowest BCUT2D eigenvalue weighted by molar-refractivity contribution is 0.168. The van der Waals surface area contributed by atoms with Gasteiger partial charge in [0.15, 0.2) is 5.65 Å². The lowest BCUT2D eigenvalue weighted by atomic mass is 10.1. The number of hydrogen-bond acceptors (Lipinski definition) is 4. The van der Waals surface area contributed by atoms with E-state index in [1.54, 1.807) is 19.0 Å². The molecule has 0 atom stereocenters. The molecule has 2 aromatic heterocycles. The van der Waals surface area contributed by atoms with Gasteiger partial charge in [-0.25, -0.2) is 9.78 Å². The number of nitrogens with zero attached hydrogens (tertiary/aromatic N) is 6. The molecule has 2 amide bonds. The maximum Gasteiger partial charge on any atom is 0.319 e. The van der Waals surface area contributed by atoms with E-state index < -0.39 is 0 Å². The quantitative estimate of drug-likeness (QED) is 0.701. The van der Waals surface area contributed by atoms with Gasteiger partial charge in [-0.1, -0.05) is 30.3 Å². The van der Waals surface area contributed by atoms with E-state index in [1.165, 1.54) is 0 Å². The molecule has 0 bridgehead atoms. The van der Waals surface area contributed by atoms with Crippen LogP contribution in [0.25, 0.3) is 16.9 Å². The van der Waals surface area contributed by atoms with Crippen LogP contribution in [0.15, 0.2) is 42.5 Å². The van der Waals surface area contributed by atoms with Crippen molar-refractivity contribution in [3.05, 3.63) is 48.2 Å². The summed E-state index contributed by atoms with van der Waals surface area (Å²) in [6.07, 6.45) is 0. The predicted molar refractivity (Wildman–Crippen MR) is 106 cm³/mol. The minimum absolute atomic E-state index is 0.0643. The first-order valence-electron chi connectivity index (χ1n) is 9.17. The molecule has 0 unspecified atom stereocenters. The molecule has 3 heterocycles. The van der Waals surface area contributed by atoms with Crippen LogP contribution >= 0.6 is 0 Å². The summed E-state index contributed by atoms with van der Waals surface area (Å²) < 4.78 is 1.91. The number of aromatic nitrogens is 3. The summed E-state index contributed by atoms with van der Waals surface area (Å²) in [4.78, 5) is 22.8. The molecular formula is C20H24N6O. The van der Waals surface area contributed by atoms with Crippen LogP contribution in [0.4, 0.5) is 10.6 Å². The lowest BCUT2D eigenvalue weighted by Crippen LogP contribution is -2.51. The highest BCUT2D eigenvalue weighted by molar-refractivity contribution is 5.74. The zero-order chi connectivity index (χ0) is 19.0. The number of anilines is 1. The van der Waals surface area contributed by atoms with E-state index in [0.29, 0.717) is 13.1 Å². The molecule has 1 aliphatic rings. The first-order chi connectivity index (χ1) is 13.0. The monoisotopic (exact) mass is 364 g/mol. The third-order valence-corrected chi connectivity index (χ3v) is 4.86. The van der Waals surface area contributed by atoms with Gasteiger partial charge in [-0.3, -0.25) is 0 Å². The number of urea groups is 1. The van der Waals surface area contributed by atoms with Crippen molar-refractivity contribution in [2.75, 3.05) is 45.2 Å². The van der Waals surface area contributed by atoms with Crippen molar-refractivity contribution in [1.82, 2.24) is 24.4 Å². The molecule has 0 saturated carbocycles. The molecule has 7 nitrogen and oxygen atoms in total. The summed E-state index contributed by atoms with van der Waals surface area (Å²) in [5, 5.41) is 4.63. The van der Waals surface area contributed by atoms with E-state index in [1.807, 2.05) is 40.6 Å². The second-order valence-corrected chi connectivity index (χ2v) is 7.07. The number of carbonyl (C=O) groups is 1. The molecule has 0 aliphatic carbocycles. The highest BCUT2D eigenvalue weighted by Gasteiger charge is 2.24. The fraction of sp³-hybridized carbons (Fsp3) is 0.350. The van der Waals surface area contributed by atoms with E-state index in [4.69, 9.17) is 4.98 Å². The second kappa shape index (κ2) is 6.90. The van der Waals surface area contributed by atoms with Gasteiger partial charge in [-0.2, -0.15) is 9.61 Å². The fourth-order valence-electron chi connectivity index (χ4n) is 3.46. The Kier molecular flexibility index (Phi) is 4.43. The van der Waals surface area contributed by atoms with Crippen molar-refractivity contribution in [2.45, 2.75) is 6.92 Å². The van der Waals surface area contributed by atoms with Gasteiger partial charge in [0.1, 0.15) is 5.82 Å². The number of piperazine rings is 1. The Bertz CT molecular complexity index is 957. The Morgan fingerprint density at radius 1 is 1.04 bits per heavy atom. The zero-order valence-electron chi connectivity index (χ0n) is 16.0. The zero-order valence-corrected chi connectivity index (χ0v) is 16.0. The highest BCUT2D eigenvalue weighted by Crippen LogP contribution is 2.25. The second-order valence-electron chi connectivity index (χ2n) is 7.07. The molecule has 1 aliphatic heterocycles. The number of carbonyl (C=O) groups excluding carboxylic acids is 1. The molecule has 1 aromatic carbocycles. The van der Waals surface area contributed by atoms with Gasteiger partial charge in [-0.15, -0.1) is 0 Å². The molecule has 3 aromatic rings. The van der Waals surface area contributed by atoms with Crippen molar-refractivity contribution < 1.29 is 4.79 Å². The van der Waals surface area contributed by atoms with E-state index in [0.717, 1.165) is 41.5 Å². The van der Waals surface area contributed by atoms with Gasteiger partial charge in [0, 0.05) is 58.0 Å². The minimum Gasteiger partial charge on any atom is -0.353 e. The Morgan fingerprint density at radius 3 is 2.41 bits per heavy atom. The van der Waals surface area contributed by atoms with Gasteiger partial charge in [-0.05, 0) is 6.92 Å². The number of aryl methyl sites for hydroxylation is 1. The maximum absolute atomic E-state index is 12.2. The van der Waals surface area contributed by atoms with Crippen LogP contribution in [0.3, 0.4) is 0 Å². The molecule has 1 saturated heterocycles. The first-order valence-corrected chi connectivity index (χ1v) is 9.17. The largest absolute Gasteiger partial charge is 0.353 e. The predicted octanol–water partition coefficient (Wildman–Crippen LogP) is 2.51. The van der Waals surface area contributed by atoms with Crippen LogP contribution in [0.5, 0.6) is 0 Å². The van der Waals surface area contributed by atoms with Gasteiger partial charge in [0.25, 0.3) is 0 Å². The molecular weight excluding hydrogens is 340 g/mol. The van der Waals surface area contributed by atoms with E-state index in [2.05, 4.69) is 28.2 Å². The van der Waals surface area contributed by atoms with E-state index in [-0.39, 0.29) is 6.03 Å². The van der Waals surface area contributed by atoms with E-state index >= 15 is 0 Å². The first kappa shape index (κ1) is 17.3. The highest BCUT2D eigenvalue weighted by atomic mass is 16.2. The van der Waals surface area contributed by atoms with Crippen LogP contribution in [0.2, 0.25) is 0 Å². The smallest absolute Gasteiger partial charge is 0.319 e. The number of hydrogen-bond donors (Lipinski definition) is 0. The standard InChI is InChI=1S/C20H24N6O/c1-15-13-18-21-17(16-7-5-4-6-8-16)14-19(26(18)22-15)24-9-11-25(12-10-24)20(27)23(2)3/h4-8,13-14H,9-12H2,1-3H3. The van der Waals surface area contributed by atoms with Gasteiger partial charge in [0.2, 0.25) is 0 Å². The molecule has 1 fully saturated rings. The molecule has 0 radical (unpaired) electrons. The van der Waals surface area contributed by atoms with Crippen molar-refractivity contribution in [2.24, 2.45) is 0 Å². The summed E-state index contributed by atoms with van der Waals surface area (Å²) in [5.41, 5.74) is 3.80. The van der Waals surface area contributed by atoms with Gasteiger partial charge in [0.05, 0.1) is 11.4 Å². The Hall–Kier alpha value is -3.09. The summed E-state index contributed by atoms with van der Waals surface area (Å²) >= 11 is 0. The molecule has 7 heteroatoms. The third-order valence-electron chi connectivity index (χ3n) is 4.86. The summed E-state index contributed by atoms with van der Waals surface area (Å²) in [7, 11) is 3.58. The Morgan fingerprint density at radius 2 is 1.74 bits per heavy atom. The fourth-order valence-corrected chi connectivity index (χ4v) is 3.46. The SMILES string of the molecule is Cc1cc2nc(-c3ccccc3)cc(N3CCN(C(=O)N(C)C)CC3)n2n1. The summed E-state index contributed by atoms with van der Waals surface area (Å²) in [5.74, 6) is 1.02.